The Bertz CT molecular complexity index is 842. The molecule has 133 valence electrons. The number of ether oxygens (including phenoxy) is 1. The minimum atomic E-state index is -1.14. The number of anilines is 1. The zero-order valence-electron chi connectivity index (χ0n) is 13.4. The molecule has 0 bridgehead atoms. The van der Waals surface area contributed by atoms with Crippen molar-refractivity contribution in [3.05, 3.63) is 58.6 Å². The lowest BCUT2D eigenvalue weighted by molar-refractivity contribution is 0.459. The summed E-state index contributed by atoms with van der Waals surface area (Å²) < 4.78 is 5.73. The number of halogens is 2. The average molecular weight is 391 g/mol. The van der Waals surface area contributed by atoms with Gasteiger partial charge in [0.05, 0.1) is 21.8 Å². The molecule has 0 aliphatic carbocycles. The van der Waals surface area contributed by atoms with Gasteiger partial charge < -0.3 is 15.3 Å². The van der Waals surface area contributed by atoms with Gasteiger partial charge in [-0.15, -0.1) is 6.58 Å². The first-order chi connectivity index (χ1) is 12.5. The molecule has 0 aliphatic heterocycles. The van der Waals surface area contributed by atoms with Crippen LogP contribution in [0.2, 0.25) is 10.0 Å². The van der Waals surface area contributed by atoms with E-state index in [1.807, 2.05) is 0 Å². The molecule has 1 radical (unpaired) electrons. The lowest BCUT2D eigenvalue weighted by Gasteiger charge is -2.14. The van der Waals surface area contributed by atoms with Gasteiger partial charge in [0.15, 0.2) is 11.8 Å². The van der Waals surface area contributed by atoms with Crippen LogP contribution in [-0.4, -0.2) is 17.4 Å². The molecule has 6 nitrogen and oxygen atoms in total. The number of allylic oxidation sites excluding steroid dienone is 1. The van der Waals surface area contributed by atoms with Crippen LogP contribution >= 0.6 is 23.2 Å². The van der Waals surface area contributed by atoms with Crippen molar-refractivity contribution in [1.29, 1.82) is 5.26 Å². The van der Waals surface area contributed by atoms with E-state index in [0.29, 0.717) is 23.4 Å². The number of phenolic OH excluding ortho intramolecular Hbond substituents is 1. The van der Waals surface area contributed by atoms with E-state index in [9.17, 15) is 9.90 Å². The fraction of sp³-hybridized carbons (Fsp3) is 0.111. The zero-order valence-corrected chi connectivity index (χ0v) is 14.9. The Morgan fingerprint density at radius 2 is 2.00 bits per heavy atom. The van der Waals surface area contributed by atoms with E-state index >= 15 is 0 Å². The van der Waals surface area contributed by atoms with Gasteiger partial charge in [-0.05, 0) is 36.8 Å². The molecule has 1 unspecified atom stereocenters. The number of phenols is 1. The van der Waals surface area contributed by atoms with Gasteiger partial charge in [-0.1, -0.05) is 29.3 Å². The molecule has 2 aromatic rings. The minimum Gasteiger partial charge on any atom is -0.508 e. The van der Waals surface area contributed by atoms with E-state index in [1.54, 1.807) is 24.3 Å². The van der Waals surface area contributed by atoms with E-state index in [0.717, 1.165) is 0 Å². The highest BCUT2D eigenvalue weighted by molar-refractivity contribution is 6.37. The Morgan fingerprint density at radius 3 is 2.58 bits per heavy atom. The summed E-state index contributed by atoms with van der Waals surface area (Å²) in [4.78, 5) is 10.5. The zero-order chi connectivity index (χ0) is 19.1. The molecular weight excluding hydrogens is 377 g/mol. The number of nitrogens with zero attached hydrogens (tertiary/aromatic N) is 1. The van der Waals surface area contributed by atoms with E-state index in [4.69, 9.17) is 33.2 Å². The van der Waals surface area contributed by atoms with Crippen LogP contribution in [0, 0.1) is 11.3 Å². The third kappa shape index (κ3) is 4.90. The molecule has 0 spiro atoms. The summed E-state index contributed by atoms with van der Waals surface area (Å²) in [5.41, 5.74) is 6.19. The summed E-state index contributed by atoms with van der Waals surface area (Å²) in [6.07, 6.45) is 3.66. The SMILES string of the molecule is C=CCc1cc(Oc2c(Cl)cc(NNC([C]=O)C#N)cc2Cl)ccc1O. The second-order valence-electron chi connectivity index (χ2n) is 5.10. The highest BCUT2D eigenvalue weighted by Crippen LogP contribution is 2.39. The largest absolute Gasteiger partial charge is 0.508 e. The summed E-state index contributed by atoms with van der Waals surface area (Å²) in [5, 5.41) is 18.9. The van der Waals surface area contributed by atoms with Crippen LogP contribution < -0.4 is 15.6 Å². The van der Waals surface area contributed by atoms with Gasteiger partial charge in [-0.3, -0.25) is 4.79 Å². The van der Waals surface area contributed by atoms with E-state index < -0.39 is 6.04 Å². The van der Waals surface area contributed by atoms with Crippen molar-refractivity contribution in [2.75, 3.05) is 5.43 Å². The summed E-state index contributed by atoms with van der Waals surface area (Å²) in [6, 6.07) is 8.34. The summed E-state index contributed by atoms with van der Waals surface area (Å²) >= 11 is 12.4. The average Bonchev–Trinajstić information content (AvgIpc) is 2.62. The monoisotopic (exact) mass is 390 g/mol. The van der Waals surface area contributed by atoms with E-state index in [1.165, 1.54) is 24.5 Å². The molecule has 0 saturated heterocycles. The van der Waals surface area contributed by atoms with Crippen LogP contribution in [0.25, 0.3) is 0 Å². The minimum absolute atomic E-state index is 0.138. The van der Waals surface area contributed by atoms with Gasteiger partial charge in [-0.2, -0.15) is 5.26 Å². The van der Waals surface area contributed by atoms with Gasteiger partial charge >= 0.3 is 0 Å². The number of hydrazine groups is 1. The van der Waals surface area contributed by atoms with Gasteiger partial charge in [-0.25, -0.2) is 5.43 Å². The quantitative estimate of drug-likeness (QED) is 0.463. The summed E-state index contributed by atoms with van der Waals surface area (Å²) in [6.45, 7) is 3.64. The number of nitriles is 1. The van der Waals surface area contributed by atoms with E-state index in [2.05, 4.69) is 17.4 Å². The number of hydrogen-bond acceptors (Lipinski definition) is 6. The van der Waals surface area contributed by atoms with Crippen molar-refractivity contribution in [3.63, 3.8) is 0 Å². The highest BCUT2D eigenvalue weighted by Gasteiger charge is 2.13. The fourth-order valence-electron chi connectivity index (χ4n) is 2.04. The van der Waals surface area contributed by atoms with Crippen molar-refractivity contribution < 1.29 is 14.6 Å². The van der Waals surface area contributed by atoms with Crippen molar-refractivity contribution in [3.8, 4) is 23.3 Å². The van der Waals surface area contributed by atoms with Crippen LogP contribution in [-0.2, 0) is 11.2 Å². The number of nitrogens with one attached hydrogen (secondary N) is 2. The molecule has 0 amide bonds. The molecule has 0 saturated carbocycles. The van der Waals surface area contributed by atoms with Gasteiger partial charge in [0, 0.05) is 5.56 Å². The molecule has 26 heavy (non-hydrogen) atoms. The first-order valence-electron chi connectivity index (χ1n) is 7.37. The van der Waals surface area contributed by atoms with Crippen LogP contribution in [0.4, 0.5) is 5.69 Å². The number of benzene rings is 2. The van der Waals surface area contributed by atoms with Crippen molar-refractivity contribution in [1.82, 2.24) is 5.43 Å². The Hall–Kier alpha value is -2.72. The number of aromatic hydroxyl groups is 1. The van der Waals surface area contributed by atoms with Crippen molar-refractivity contribution >= 4 is 35.2 Å². The predicted octanol–water partition coefficient (Wildman–Crippen LogP) is 4.14. The maximum atomic E-state index is 10.5. The Morgan fingerprint density at radius 1 is 1.31 bits per heavy atom. The second-order valence-corrected chi connectivity index (χ2v) is 5.92. The summed E-state index contributed by atoms with van der Waals surface area (Å²) in [7, 11) is 0. The number of rotatable bonds is 8. The smallest absolute Gasteiger partial charge is 0.234 e. The molecule has 0 aliphatic rings. The highest BCUT2D eigenvalue weighted by atomic mass is 35.5. The number of carbonyl (C=O) groups excluding carboxylic acids is 1. The molecular formula is C18H14Cl2N3O3. The van der Waals surface area contributed by atoms with E-state index in [-0.39, 0.29) is 21.5 Å². The normalized spacial score (nSPS) is 11.3. The van der Waals surface area contributed by atoms with Crippen molar-refractivity contribution in [2.45, 2.75) is 12.5 Å². The molecule has 0 heterocycles. The van der Waals surface area contributed by atoms with Gasteiger partial charge in [0.2, 0.25) is 6.29 Å². The van der Waals surface area contributed by atoms with Crippen LogP contribution in [0.5, 0.6) is 17.2 Å². The Labute approximate surface area is 160 Å². The van der Waals surface area contributed by atoms with Crippen molar-refractivity contribution in [2.24, 2.45) is 0 Å². The third-order valence-electron chi connectivity index (χ3n) is 3.24. The molecule has 2 rings (SSSR count). The molecule has 1 atom stereocenters. The first-order valence-corrected chi connectivity index (χ1v) is 8.12. The molecule has 8 heteroatoms. The van der Waals surface area contributed by atoms with Gasteiger partial charge in [0.1, 0.15) is 11.5 Å². The lowest BCUT2D eigenvalue weighted by Crippen LogP contribution is -2.33. The molecule has 0 aromatic heterocycles. The number of hydrogen-bond donors (Lipinski definition) is 3. The Balaban J connectivity index is 2.20. The van der Waals surface area contributed by atoms with Crippen LogP contribution in [0.1, 0.15) is 5.56 Å². The second kappa shape index (κ2) is 9.11. The molecule has 3 N–H and O–H groups in total. The van der Waals surface area contributed by atoms with Gasteiger partial charge in [0.25, 0.3) is 0 Å². The fourth-order valence-corrected chi connectivity index (χ4v) is 2.60. The first kappa shape index (κ1) is 19.6. The predicted molar refractivity (Wildman–Crippen MR) is 100 cm³/mol. The molecule has 2 aromatic carbocycles. The van der Waals surface area contributed by atoms with Crippen LogP contribution in [0.3, 0.4) is 0 Å². The summed E-state index contributed by atoms with van der Waals surface area (Å²) in [5.74, 6) is 0.814. The third-order valence-corrected chi connectivity index (χ3v) is 3.80. The molecule has 0 fully saturated rings. The maximum Gasteiger partial charge on any atom is 0.234 e. The maximum absolute atomic E-state index is 10.5. The Kier molecular flexibility index (Phi) is 6.87. The standard InChI is InChI=1S/C18H14Cl2N3O3/c1-2-3-11-6-14(4-5-17(11)25)26-18-15(19)7-12(8-16(18)20)22-23-13(9-21)10-24/h2,4-8,13,22-23,25H,1,3H2. The lowest BCUT2D eigenvalue weighted by atomic mass is 10.1. The topological polar surface area (TPSA) is 94.4 Å². The van der Waals surface area contributed by atoms with Crippen LogP contribution in [0.15, 0.2) is 43.0 Å².